The van der Waals surface area contributed by atoms with Crippen molar-refractivity contribution >= 4 is 23.9 Å². The van der Waals surface area contributed by atoms with E-state index >= 15 is 0 Å². The van der Waals surface area contributed by atoms with Gasteiger partial charge in [-0.25, -0.2) is 9.78 Å². The summed E-state index contributed by atoms with van der Waals surface area (Å²) in [6, 6.07) is 2.70. The van der Waals surface area contributed by atoms with Crippen molar-refractivity contribution in [3.63, 3.8) is 0 Å². The number of methoxy groups -OCH3 is 1. The summed E-state index contributed by atoms with van der Waals surface area (Å²) in [5, 5.41) is 2.45. The number of nitrogens with one attached hydrogen (secondary N) is 1. The fraction of sp³-hybridized carbons (Fsp3) is 0.200. The summed E-state index contributed by atoms with van der Waals surface area (Å²) in [6.07, 6.45) is 0.484. The summed E-state index contributed by atoms with van der Waals surface area (Å²) >= 11 is 0. The van der Waals surface area contributed by atoms with Gasteiger partial charge in [-0.3, -0.25) is 9.59 Å². The molecule has 1 N–H and O–H groups in total. The standard InChI is InChI=1S/C10H10N2O4/c1-6(14)11-7-3-8(5-13)12-9(4-7)10(15)16-2/h3-5H,1-2H3,(H,11,12,14). The Balaban J connectivity index is 3.15. The van der Waals surface area contributed by atoms with Crippen molar-refractivity contribution < 1.29 is 19.1 Å². The van der Waals surface area contributed by atoms with Crippen molar-refractivity contribution in [1.82, 2.24) is 4.98 Å². The lowest BCUT2D eigenvalue weighted by Crippen LogP contribution is -2.11. The van der Waals surface area contributed by atoms with Crippen LogP contribution in [-0.4, -0.2) is 30.3 Å². The van der Waals surface area contributed by atoms with Crippen LogP contribution in [0.5, 0.6) is 0 Å². The molecule has 0 aliphatic carbocycles. The van der Waals surface area contributed by atoms with Gasteiger partial charge in [-0.15, -0.1) is 0 Å². The van der Waals surface area contributed by atoms with Crippen LogP contribution < -0.4 is 5.32 Å². The number of pyridine rings is 1. The Morgan fingerprint density at radius 3 is 2.62 bits per heavy atom. The van der Waals surface area contributed by atoms with Gasteiger partial charge < -0.3 is 10.1 Å². The van der Waals surface area contributed by atoms with Crippen molar-refractivity contribution in [2.45, 2.75) is 6.92 Å². The van der Waals surface area contributed by atoms with Crippen LogP contribution in [0.25, 0.3) is 0 Å². The van der Waals surface area contributed by atoms with Crippen molar-refractivity contribution in [2.75, 3.05) is 12.4 Å². The molecule has 1 rings (SSSR count). The minimum absolute atomic E-state index is 0.0316. The Kier molecular flexibility index (Phi) is 3.71. The van der Waals surface area contributed by atoms with Gasteiger partial charge in [0.15, 0.2) is 12.0 Å². The minimum atomic E-state index is -0.671. The molecule has 0 aromatic carbocycles. The molecule has 16 heavy (non-hydrogen) atoms. The third-order valence-electron chi connectivity index (χ3n) is 1.68. The molecule has 1 amide bonds. The second-order valence-corrected chi connectivity index (χ2v) is 2.96. The lowest BCUT2D eigenvalue weighted by atomic mass is 10.2. The van der Waals surface area contributed by atoms with Crippen molar-refractivity contribution in [3.05, 3.63) is 23.5 Å². The van der Waals surface area contributed by atoms with E-state index in [0.717, 1.165) is 0 Å². The zero-order valence-electron chi connectivity index (χ0n) is 8.81. The molecule has 0 aliphatic rings. The highest BCUT2D eigenvalue weighted by Crippen LogP contribution is 2.11. The number of hydrogen-bond acceptors (Lipinski definition) is 5. The van der Waals surface area contributed by atoms with E-state index in [4.69, 9.17) is 0 Å². The second kappa shape index (κ2) is 5.01. The highest BCUT2D eigenvalue weighted by molar-refractivity contribution is 5.93. The molecule has 0 radical (unpaired) electrons. The van der Waals surface area contributed by atoms with Gasteiger partial charge in [0.05, 0.1) is 7.11 Å². The van der Waals surface area contributed by atoms with Crippen LogP contribution in [0.15, 0.2) is 12.1 Å². The first-order valence-electron chi connectivity index (χ1n) is 4.40. The average Bonchev–Trinajstić information content (AvgIpc) is 2.26. The number of ether oxygens (including phenoxy) is 1. The molecule has 0 atom stereocenters. The number of carbonyl (C=O) groups excluding carboxylic acids is 3. The first-order valence-corrected chi connectivity index (χ1v) is 4.40. The number of carbonyl (C=O) groups is 3. The number of hydrogen-bond donors (Lipinski definition) is 1. The van der Waals surface area contributed by atoms with Crippen LogP contribution in [0.4, 0.5) is 5.69 Å². The van der Waals surface area contributed by atoms with Crippen LogP contribution in [0.2, 0.25) is 0 Å². The van der Waals surface area contributed by atoms with E-state index in [0.29, 0.717) is 12.0 Å². The summed E-state index contributed by atoms with van der Waals surface area (Å²) in [7, 11) is 1.20. The maximum Gasteiger partial charge on any atom is 0.356 e. The van der Waals surface area contributed by atoms with Gasteiger partial charge in [-0.2, -0.15) is 0 Å². The summed E-state index contributed by atoms with van der Waals surface area (Å²) in [5.41, 5.74) is 0.340. The minimum Gasteiger partial charge on any atom is -0.464 e. The number of rotatable bonds is 3. The lowest BCUT2D eigenvalue weighted by Gasteiger charge is -2.05. The summed E-state index contributed by atoms with van der Waals surface area (Å²) < 4.78 is 4.47. The average molecular weight is 222 g/mol. The monoisotopic (exact) mass is 222 g/mol. The second-order valence-electron chi connectivity index (χ2n) is 2.96. The summed E-state index contributed by atoms with van der Waals surface area (Å²) in [6.45, 7) is 1.32. The predicted octanol–water partition coefficient (Wildman–Crippen LogP) is 0.639. The number of amides is 1. The van der Waals surface area contributed by atoms with E-state index < -0.39 is 5.97 Å². The molecule has 1 heterocycles. The molecule has 0 fully saturated rings. The van der Waals surface area contributed by atoms with E-state index in [-0.39, 0.29) is 17.3 Å². The molecular formula is C10H10N2O4. The fourth-order valence-corrected chi connectivity index (χ4v) is 1.10. The molecule has 1 aromatic heterocycles. The number of esters is 1. The Hall–Kier alpha value is -2.24. The number of aromatic nitrogens is 1. The van der Waals surface area contributed by atoms with E-state index in [1.165, 1.54) is 26.2 Å². The molecule has 0 bridgehead atoms. The normalized spacial score (nSPS) is 9.38. The largest absolute Gasteiger partial charge is 0.464 e. The number of anilines is 1. The predicted molar refractivity (Wildman–Crippen MR) is 55.3 cm³/mol. The quantitative estimate of drug-likeness (QED) is 0.599. The van der Waals surface area contributed by atoms with Crippen LogP contribution in [-0.2, 0) is 9.53 Å². The van der Waals surface area contributed by atoms with E-state index in [1.807, 2.05) is 0 Å². The Morgan fingerprint density at radius 1 is 1.44 bits per heavy atom. The molecule has 6 nitrogen and oxygen atoms in total. The van der Waals surface area contributed by atoms with Gasteiger partial charge >= 0.3 is 5.97 Å². The number of nitrogens with zero attached hydrogens (tertiary/aromatic N) is 1. The van der Waals surface area contributed by atoms with Crippen LogP contribution in [0.3, 0.4) is 0 Å². The molecule has 0 unspecified atom stereocenters. The van der Waals surface area contributed by atoms with E-state index in [9.17, 15) is 14.4 Å². The van der Waals surface area contributed by atoms with E-state index in [2.05, 4.69) is 15.0 Å². The first-order chi connectivity index (χ1) is 7.56. The van der Waals surface area contributed by atoms with Gasteiger partial charge in [0, 0.05) is 12.6 Å². The maximum absolute atomic E-state index is 11.2. The Morgan fingerprint density at radius 2 is 2.12 bits per heavy atom. The molecule has 0 saturated heterocycles. The lowest BCUT2D eigenvalue weighted by molar-refractivity contribution is -0.114. The Bertz CT molecular complexity index is 442. The topological polar surface area (TPSA) is 85.4 Å². The van der Waals surface area contributed by atoms with Gasteiger partial charge in [-0.05, 0) is 12.1 Å². The molecule has 0 spiro atoms. The highest BCUT2D eigenvalue weighted by Gasteiger charge is 2.10. The van der Waals surface area contributed by atoms with Crippen LogP contribution in [0.1, 0.15) is 27.9 Å². The van der Waals surface area contributed by atoms with E-state index in [1.54, 1.807) is 0 Å². The highest BCUT2D eigenvalue weighted by atomic mass is 16.5. The zero-order valence-corrected chi connectivity index (χ0v) is 8.81. The SMILES string of the molecule is COC(=O)c1cc(NC(C)=O)cc(C=O)n1. The summed E-state index contributed by atoms with van der Waals surface area (Å²) in [5.74, 6) is -0.978. The molecule has 1 aromatic rings. The molecule has 0 aliphatic heterocycles. The first kappa shape index (κ1) is 11.8. The third-order valence-corrected chi connectivity index (χ3v) is 1.68. The summed E-state index contributed by atoms with van der Waals surface area (Å²) in [4.78, 5) is 36.4. The van der Waals surface area contributed by atoms with Crippen LogP contribution in [0, 0.1) is 0 Å². The van der Waals surface area contributed by atoms with Crippen LogP contribution >= 0.6 is 0 Å². The van der Waals surface area contributed by atoms with Crippen molar-refractivity contribution in [2.24, 2.45) is 0 Å². The smallest absolute Gasteiger partial charge is 0.356 e. The van der Waals surface area contributed by atoms with Gasteiger partial charge in [-0.1, -0.05) is 0 Å². The van der Waals surface area contributed by atoms with Crippen molar-refractivity contribution in [1.29, 1.82) is 0 Å². The van der Waals surface area contributed by atoms with Crippen molar-refractivity contribution in [3.8, 4) is 0 Å². The fourth-order valence-electron chi connectivity index (χ4n) is 1.10. The molecule has 0 saturated carbocycles. The molecule has 84 valence electrons. The Labute approximate surface area is 91.6 Å². The van der Waals surface area contributed by atoms with Gasteiger partial charge in [0.2, 0.25) is 5.91 Å². The zero-order chi connectivity index (χ0) is 12.1. The molecule has 6 heteroatoms. The maximum atomic E-state index is 11.2. The number of aldehydes is 1. The molecular weight excluding hydrogens is 212 g/mol. The van der Waals surface area contributed by atoms with Gasteiger partial charge in [0.1, 0.15) is 5.69 Å². The third kappa shape index (κ3) is 2.88. The van der Waals surface area contributed by atoms with Gasteiger partial charge in [0.25, 0.3) is 0 Å².